The Bertz CT molecular complexity index is 673. The van der Waals surface area contributed by atoms with Gasteiger partial charge in [-0.05, 0) is 12.1 Å². The fourth-order valence-corrected chi connectivity index (χ4v) is 2.19. The SMILES string of the molecule is Nc1cc[n+](-c2cc3c(Br)cccc3o2)cc1. The summed E-state index contributed by atoms with van der Waals surface area (Å²) in [6.45, 7) is 0. The molecule has 3 nitrogen and oxygen atoms in total. The highest BCUT2D eigenvalue weighted by Crippen LogP contribution is 2.26. The topological polar surface area (TPSA) is 43.0 Å². The second-order valence-electron chi connectivity index (χ2n) is 3.78. The van der Waals surface area contributed by atoms with Gasteiger partial charge in [-0.15, -0.1) is 4.57 Å². The van der Waals surface area contributed by atoms with Crippen LogP contribution in [0.25, 0.3) is 16.9 Å². The van der Waals surface area contributed by atoms with E-state index in [9.17, 15) is 0 Å². The van der Waals surface area contributed by atoms with Gasteiger partial charge in [0.25, 0.3) is 0 Å². The first-order valence-corrected chi connectivity index (χ1v) is 5.98. The number of halogens is 1. The van der Waals surface area contributed by atoms with E-state index in [1.807, 2.05) is 53.4 Å². The number of hydrogen-bond acceptors (Lipinski definition) is 2. The minimum absolute atomic E-state index is 0.735. The van der Waals surface area contributed by atoms with Crippen molar-refractivity contribution in [1.29, 1.82) is 0 Å². The summed E-state index contributed by atoms with van der Waals surface area (Å²) < 4.78 is 8.69. The van der Waals surface area contributed by atoms with Crippen molar-refractivity contribution in [3.05, 3.63) is 53.3 Å². The standard InChI is InChI=1S/C13H9BrN2O/c14-11-2-1-3-12-10(11)8-13(17-12)16-6-4-9(15)5-7-16/h1-8,15H/p+1. The van der Waals surface area contributed by atoms with E-state index in [1.165, 1.54) is 0 Å². The number of furan rings is 1. The van der Waals surface area contributed by atoms with Crippen LogP contribution < -0.4 is 10.3 Å². The van der Waals surface area contributed by atoms with Crippen molar-refractivity contribution in [2.75, 3.05) is 5.73 Å². The Balaban J connectivity index is 2.18. The van der Waals surface area contributed by atoms with Gasteiger partial charge >= 0.3 is 5.88 Å². The number of nitrogens with two attached hydrogens (primary N) is 1. The van der Waals surface area contributed by atoms with Crippen molar-refractivity contribution in [3.63, 3.8) is 0 Å². The maximum absolute atomic E-state index is 5.77. The lowest BCUT2D eigenvalue weighted by atomic mass is 10.2. The minimum Gasteiger partial charge on any atom is -0.404 e. The number of benzene rings is 1. The van der Waals surface area contributed by atoms with Gasteiger partial charge < -0.3 is 10.2 Å². The van der Waals surface area contributed by atoms with Crippen LogP contribution in [0.15, 0.2) is 57.7 Å². The van der Waals surface area contributed by atoms with Crippen molar-refractivity contribution in [2.24, 2.45) is 0 Å². The van der Waals surface area contributed by atoms with Crippen molar-refractivity contribution in [3.8, 4) is 5.88 Å². The van der Waals surface area contributed by atoms with E-state index >= 15 is 0 Å². The Kier molecular flexibility index (Phi) is 2.37. The largest absolute Gasteiger partial charge is 0.404 e. The van der Waals surface area contributed by atoms with Crippen LogP contribution in [0.3, 0.4) is 0 Å². The van der Waals surface area contributed by atoms with E-state index in [1.54, 1.807) is 0 Å². The summed E-state index contributed by atoms with van der Waals surface area (Å²) >= 11 is 3.51. The molecule has 84 valence electrons. The van der Waals surface area contributed by atoms with Crippen molar-refractivity contribution in [2.45, 2.75) is 0 Å². The molecule has 0 spiro atoms. The van der Waals surface area contributed by atoms with Crippen LogP contribution in [0.1, 0.15) is 0 Å². The highest BCUT2D eigenvalue weighted by atomic mass is 79.9. The third-order valence-electron chi connectivity index (χ3n) is 2.60. The first-order valence-electron chi connectivity index (χ1n) is 5.19. The maximum Gasteiger partial charge on any atom is 0.379 e. The summed E-state index contributed by atoms with van der Waals surface area (Å²) in [5, 5.41) is 1.06. The molecule has 0 saturated heterocycles. The number of fused-ring (bicyclic) bond motifs is 1. The van der Waals surface area contributed by atoms with Gasteiger partial charge in [0.05, 0.1) is 6.07 Å². The van der Waals surface area contributed by atoms with Crippen LogP contribution in [-0.2, 0) is 0 Å². The monoisotopic (exact) mass is 289 g/mol. The average molecular weight is 290 g/mol. The number of pyridine rings is 1. The van der Waals surface area contributed by atoms with Gasteiger partial charge in [0.1, 0.15) is 5.58 Å². The number of anilines is 1. The summed E-state index contributed by atoms with van der Waals surface area (Å²) in [5.41, 5.74) is 7.25. The van der Waals surface area contributed by atoms with Crippen molar-refractivity contribution >= 4 is 32.6 Å². The van der Waals surface area contributed by atoms with Gasteiger partial charge in [-0.1, -0.05) is 22.0 Å². The zero-order valence-electron chi connectivity index (χ0n) is 8.93. The van der Waals surface area contributed by atoms with Gasteiger partial charge in [0.15, 0.2) is 12.4 Å². The summed E-state index contributed by atoms with van der Waals surface area (Å²) in [4.78, 5) is 0. The van der Waals surface area contributed by atoms with E-state index in [0.717, 1.165) is 27.0 Å². The van der Waals surface area contributed by atoms with Crippen LogP contribution in [0.2, 0.25) is 0 Å². The number of aromatic nitrogens is 1. The molecule has 0 bridgehead atoms. The van der Waals surface area contributed by atoms with E-state index in [4.69, 9.17) is 10.2 Å². The summed E-state index contributed by atoms with van der Waals surface area (Å²) in [6.07, 6.45) is 3.75. The summed E-state index contributed by atoms with van der Waals surface area (Å²) in [5.74, 6) is 0.770. The minimum atomic E-state index is 0.735. The Hall–Kier alpha value is -1.81. The van der Waals surface area contributed by atoms with Crippen molar-refractivity contribution in [1.82, 2.24) is 0 Å². The molecule has 2 N–H and O–H groups in total. The molecule has 3 aromatic rings. The van der Waals surface area contributed by atoms with Gasteiger partial charge in [-0.25, -0.2) is 0 Å². The number of rotatable bonds is 1. The molecule has 0 aliphatic heterocycles. The molecule has 0 aliphatic carbocycles. The predicted molar refractivity (Wildman–Crippen MR) is 69.9 cm³/mol. The van der Waals surface area contributed by atoms with Crippen molar-refractivity contribution < 1.29 is 8.98 Å². The highest BCUT2D eigenvalue weighted by Gasteiger charge is 2.13. The zero-order chi connectivity index (χ0) is 11.8. The van der Waals surface area contributed by atoms with Crippen LogP contribution in [0.4, 0.5) is 5.69 Å². The number of nitrogen functional groups attached to an aromatic ring is 1. The molecule has 1 aromatic carbocycles. The van der Waals surface area contributed by atoms with E-state index in [0.29, 0.717) is 0 Å². The highest BCUT2D eigenvalue weighted by molar-refractivity contribution is 9.10. The molecule has 0 saturated carbocycles. The lowest BCUT2D eigenvalue weighted by Gasteiger charge is -1.90. The molecule has 0 aliphatic rings. The molecule has 0 fully saturated rings. The zero-order valence-corrected chi connectivity index (χ0v) is 10.5. The Labute approximate surface area is 107 Å². The fourth-order valence-electron chi connectivity index (χ4n) is 1.72. The van der Waals surface area contributed by atoms with Crippen LogP contribution in [0, 0.1) is 0 Å². The summed E-state index contributed by atoms with van der Waals surface area (Å²) in [6, 6.07) is 11.6. The molecule has 2 heterocycles. The molecule has 0 radical (unpaired) electrons. The van der Waals surface area contributed by atoms with E-state index in [2.05, 4.69) is 15.9 Å². The Morgan fingerprint density at radius 2 is 1.88 bits per heavy atom. The van der Waals surface area contributed by atoms with Crippen LogP contribution in [-0.4, -0.2) is 0 Å². The predicted octanol–water partition coefficient (Wildman–Crippen LogP) is 3.05. The Morgan fingerprint density at radius 1 is 1.12 bits per heavy atom. The first kappa shape index (κ1) is 10.4. The Morgan fingerprint density at radius 3 is 2.59 bits per heavy atom. The molecule has 3 rings (SSSR count). The van der Waals surface area contributed by atoms with Crippen LogP contribution in [0.5, 0.6) is 0 Å². The second-order valence-corrected chi connectivity index (χ2v) is 4.63. The quantitative estimate of drug-likeness (QED) is 0.700. The lowest BCUT2D eigenvalue weighted by molar-refractivity contribution is -0.608. The number of hydrogen-bond donors (Lipinski definition) is 1. The van der Waals surface area contributed by atoms with E-state index < -0.39 is 0 Å². The first-order chi connectivity index (χ1) is 8.24. The van der Waals surface area contributed by atoms with E-state index in [-0.39, 0.29) is 0 Å². The third-order valence-corrected chi connectivity index (χ3v) is 3.30. The molecule has 17 heavy (non-hydrogen) atoms. The summed E-state index contributed by atoms with van der Waals surface area (Å²) in [7, 11) is 0. The molecule has 0 unspecified atom stereocenters. The molecular weight excluding hydrogens is 280 g/mol. The van der Waals surface area contributed by atoms with Gasteiger partial charge in [-0.3, -0.25) is 0 Å². The second kappa shape index (κ2) is 3.89. The maximum atomic E-state index is 5.77. The van der Waals surface area contributed by atoms with Crippen LogP contribution >= 0.6 is 15.9 Å². The molecule has 0 amide bonds. The normalized spacial score (nSPS) is 10.9. The molecule has 2 aromatic heterocycles. The van der Waals surface area contributed by atoms with Gasteiger partial charge in [0.2, 0.25) is 0 Å². The fraction of sp³-hybridized carbons (Fsp3) is 0. The molecular formula is C13H10BrN2O+. The molecule has 0 atom stereocenters. The smallest absolute Gasteiger partial charge is 0.379 e. The third kappa shape index (κ3) is 1.80. The average Bonchev–Trinajstić information content (AvgIpc) is 2.75. The molecule has 4 heteroatoms. The van der Waals surface area contributed by atoms with Gasteiger partial charge in [0, 0.05) is 27.7 Å². The number of nitrogens with zero attached hydrogens (tertiary/aromatic N) is 1. The lowest BCUT2D eigenvalue weighted by Crippen LogP contribution is -2.28. The van der Waals surface area contributed by atoms with Gasteiger partial charge in [-0.2, -0.15) is 0 Å².